The van der Waals surface area contributed by atoms with Gasteiger partial charge in [0, 0.05) is 19.6 Å². The predicted molar refractivity (Wildman–Crippen MR) is 83.9 cm³/mol. The number of ether oxygens (including phenoxy) is 3. The summed E-state index contributed by atoms with van der Waals surface area (Å²) in [5.74, 6) is 1.59. The van der Waals surface area contributed by atoms with Crippen LogP contribution in [0.5, 0.6) is 11.5 Å². The van der Waals surface area contributed by atoms with E-state index in [1.54, 1.807) is 0 Å². The van der Waals surface area contributed by atoms with Gasteiger partial charge in [0.1, 0.15) is 13.2 Å². The Kier molecular flexibility index (Phi) is 3.99. The third kappa shape index (κ3) is 2.83. The molecule has 3 aliphatic rings. The molecule has 124 valence electrons. The highest BCUT2D eigenvalue weighted by Crippen LogP contribution is 2.38. The number of urea groups is 1. The maximum atomic E-state index is 12.8. The van der Waals surface area contributed by atoms with E-state index in [1.807, 2.05) is 21.9 Å². The lowest BCUT2D eigenvalue weighted by Gasteiger charge is -2.34. The van der Waals surface area contributed by atoms with Gasteiger partial charge in [-0.25, -0.2) is 4.79 Å². The van der Waals surface area contributed by atoms with Gasteiger partial charge in [0.05, 0.1) is 19.3 Å². The molecule has 0 unspecified atom stereocenters. The van der Waals surface area contributed by atoms with Gasteiger partial charge in [0.2, 0.25) is 0 Å². The molecule has 0 aromatic heterocycles. The third-order valence-electron chi connectivity index (χ3n) is 4.73. The summed E-state index contributed by atoms with van der Waals surface area (Å²) in [6.45, 7) is 4.62. The molecule has 0 radical (unpaired) electrons. The van der Waals surface area contributed by atoms with Crippen molar-refractivity contribution in [1.82, 2.24) is 9.80 Å². The number of carbonyl (C=O) groups excluding carboxylic acids is 1. The van der Waals surface area contributed by atoms with Gasteiger partial charge in [-0.3, -0.25) is 0 Å². The van der Waals surface area contributed by atoms with Crippen LogP contribution in [0, 0.1) is 0 Å². The van der Waals surface area contributed by atoms with Crippen LogP contribution in [-0.2, 0) is 4.74 Å². The fourth-order valence-corrected chi connectivity index (χ4v) is 3.55. The maximum absolute atomic E-state index is 12.8. The molecular weight excluding hydrogens is 296 g/mol. The quantitative estimate of drug-likeness (QED) is 0.795. The zero-order valence-corrected chi connectivity index (χ0v) is 13.2. The van der Waals surface area contributed by atoms with Crippen molar-refractivity contribution in [3.05, 3.63) is 23.8 Å². The maximum Gasteiger partial charge on any atom is 0.320 e. The summed E-state index contributed by atoms with van der Waals surface area (Å²) in [5.41, 5.74) is 1.13. The lowest BCUT2D eigenvalue weighted by atomic mass is 10.0. The van der Waals surface area contributed by atoms with Gasteiger partial charge < -0.3 is 24.0 Å². The predicted octanol–water partition coefficient (Wildman–Crippen LogP) is 2.05. The molecule has 4 rings (SSSR count). The van der Waals surface area contributed by atoms with Crippen molar-refractivity contribution in [1.29, 1.82) is 0 Å². The first-order valence-corrected chi connectivity index (χ1v) is 8.36. The number of benzene rings is 1. The number of hydrogen-bond acceptors (Lipinski definition) is 4. The molecule has 0 aliphatic carbocycles. The zero-order valence-electron chi connectivity index (χ0n) is 13.2. The second-order valence-corrected chi connectivity index (χ2v) is 6.14. The molecular formula is C17H22N2O4. The summed E-state index contributed by atoms with van der Waals surface area (Å²) in [5, 5.41) is 0. The Balaban J connectivity index is 1.54. The van der Waals surface area contributed by atoms with E-state index < -0.39 is 0 Å². The molecule has 0 bridgehead atoms. The highest BCUT2D eigenvalue weighted by molar-refractivity contribution is 5.75. The van der Waals surface area contributed by atoms with Crippen LogP contribution in [0.2, 0.25) is 0 Å². The normalized spacial score (nSPS) is 23.9. The second kappa shape index (κ2) is 6.28. The van der Waals surface area contributed by atoms with Gasteiger partial charge in [0.25, 0.3) is 0 Å². The number of hydrogen-bond donors (Lipinski definition) is 0. The smallest absolute Gasteiger partial charge is 0.320 e. The van der Waals surface area contributed by atoms with E-state index in [0.717, 1.165) is 36.4 Å². The lowest BCUT2D eigenvalue weighted by molar-refractivity contribution is 0.0421. The Bertz CT molecular complexity index is 586. The van der Waals surface area contributed by atoms with Gasteiger partial charge in [-0.15, -0.1) is 0 Å². The third-order valence-corrected chi connectivity index (χ3v) is 4.73. The number of carbonyl (C=O) groups is 1. The van der Waals surface area contributed by atoms with E-state index in [0.29, 0.717) is 39.5 Å². The van der Waals surface area contributed by atoms with Crippen molar-refractivity contribution in [2.45, 2.75) is 18.9 Å². The molecule has 1 aromatic carbocycles. The molecule has 0 spiro atoms. The number of morpholine rings is 1. The highest BCUT2D eigenvalue weighted by Gasteiger charge is 2.33. The molecule has 2 fully saturated rings. The van der Waals surface area contributed by atoms with Crippen molar-refractivity contribution >= 4 is 6.03 Å². The monoisotopic (exact) mass is 318 g/mol. The Morgan fingerprint density at radius 1 is 1.00 bits per heavy atom. The van der Waals surface area contributed by atoms with Gasteiger partial charge >= 0.3 is 6.03 Å². The fourth-order valence-electron chi connectivity index (χ4n) is 3.55. The van der Waals surface area contributed by atoms with Crippen LogP contribution in [0.4, 0.5) is 4.79 Å². The first-order chi connectivity index (χ1) is 11.3. The van der Waals surface area contributed by atoms with Crippen molar-refractivity contribution < 1.29 is 19.0 Å². The van der Waals surface area contributed by atoms with Crippen molar-refractivity contribution in [2.75, 3.05) is 46.1 Å². The van der Waals surface area contributed by atoms with Crippen LogP contribution in [0.25, 0.3) is 0 Å². The first-order valence-electron chi connectivity index (χ1n) is 8.36. The largest absolute Gasteiger partial charge is 0.486 e. The SMILES string of the molecule is O=C(N1CCOCC1)N1CCC[C@H]1c1ccc2c(c1)OCCO2. The molecule has 3 heterocycles. The molecule has 23 heavy (non-hydrogen) atoms. The molecule has 6 nitrogen and oxygen atoms in total. The van der Waals surface area contributed by atoms with Gasteiger partial charge in [-0.05, 0) is 30.5 Å². The highest BCUT2D eigenvalue weighted by atomic mass is 16.6. The summed E-state index contributed by atoms with van der Waals surface area (Å²) < 4.78 is 16.6. The molecule has 2 saturated heterocycles. The van der Waals surface area contributed by atoms with Crippen LogP contribution < -0.4 is 9.47 Å². The minimum atomic E-state index is 0.126. The molecule has 1 aromatic rings. The van der Waals surface area contributed by atoms with Crippen LogP contribution in [0.15, 0.2) is 18.2 Å². The number of rotatable bonds is 1. The van der Waals surface area contributed by atoms with E-state index in [9.17, 15) is 4.79 Å². The average molecular weight is 318 g/mol. The number of amides is 2. The topological polar surface area (TPSA) is 51.2 Å². The molecule has 0 saturated carbocycles. The molecule has 2 amide bonds. The number of fused-ring (bicyclic) bond motifs is 1. The van der Waals surface area contributed by atoms with Crippen molar-refractivity contribution in [3.8, 4) is 11.5 Å². The van der Waals surface area contributed by atoms with Crippen molar-refractivity contribution in [3.63, 3.8) is 0 Å². The van der Waals surface area contributed by atoms with Crippen LogP contribution in [0.3, 0.4) is 0 Å². The second-order valence-electron chi connectivity index (χ2n) is 6.14. The van der Waals surface area contributed by atoms with Gasteiger partial charge in [-0.2, -0.15) is 0 Å². The summed E-state index contributed by atoms with van der Waals surface area (Å²) in [6.07, 6.45) is 2.03. The van der Waals surface area contributed by atoms with E-state index in [-0.39, 0.29) is 12.1 Å². The molecule has 1 atom stereocenters. The van der Waals surface area contributed by atoms with Gasteiger partial charge in [0.15, 0.2) is 11.5 Å². The Hall–Kier alpha value is -1.95. The van der Waals surface area contributed by atoms with Gasteiger partial charge in [-0.1, -0.05) is 6.07 Å². The minimum Gasteiger partial charge on any atom is -0.486 e. The summed E-state index contributed by atoms with van der Waals surface area (Å²) in [4.78, 5) is 16.7. The number of nitrogens with zero attached hydrogens (tertiary/aromatic N) is 2. The molecule has 6 heteroatoms. The van der Waals surface area contributed by atoms with Crippen LogP contribution >= 0.6 is 0 Å². The first kappa shape index (κ1) is 14.6. The minimum absolute atomic E-state index is 0.126. The molecule has 3 aliphatic heterocycles. The van der Waals surface area contributed by atoms with Crippen LogP contribution in [0.1, 0.15) is 24.4 Å². The lowest BCUT2D eigenvalue weighted by Crippen LogP contribution is -2.47. The Morgan fingerprint density at radius 2 is 1.78 bits per heavy atom. The average Bonchev–Trinajstić information content (AvgIpc) is 3.11. The van der Waals surface area contributed by atoms with E-state index in [2.05, 4.69) is 6.07 Å². The Labute approximate surface area is 135 Å². The van der Waals surface area contributed by atoms with E-state index in [1.165, 1.54) is 0 Å². The number of likely N-dealkylation sites (tertiary alicyclic amines) is 1. The van der Waals surface area contributed by atoms with E-state index in [4.69, 9.17) is 14.2 Å². The van der Waals surface area contributed by atoms with Crippen molar-refractivity contribution in [2.24, 2.45) is 0 Å². The van der Waals surface area contributed by atoms with Crippen LogP contribution in [-0.4, -0.2) is 61.9 Å². The van der Waals surface area contributed by atoms with E-state index >= 15 is 0 Å². The zero-order chi connectivity index (χ0) is 15.6. The summed E-state index contributed by atoms with van der Waals surface area (Å²) >= 11 is 0. The summed E-state index contributed by atoms with van der Waals surface area (Å²) in [6, 6.07) is 6.30. The fraction of sp³-hybridized carbons (Fsp3) is 0.588. The summed E-state index contributed by atoms with van der Waals surface area (Å²) in [7, 11) is 0. The Morgan fingerprint density at radius 3 is 2.61 bits per heavy atom. The standard InChI is InChI=1S/C17H22N2O4/c20-17(18-6-8-21-9-7-18)19-5-1-2-14(19)13-3-4-15-16(12-13)23-11-10-22-15/h3-4,12,14H,1-2,5-11H2/t14-/m0/s1. The molecule has 0 N–H and O–H groups in total.